The highest BCUT2D eigenvalue weighted by Gasteiger charge is 2.24. The lowest BCUT2D eigenvalue weighted by atomic mass is 9.91. The first-order chi connectivity index (χ1) is 21.5. The molecule has 0 aromatic heterocycles. The van der Waals surface area contributed by atoms with Crippen molar-refractivity contribution in [2.45, 2.75) is 98.6 Å². The van der Waals surface area contributed by atoms with Crippen LogP contribution in [0.25, 0.3) is 5.57 Å². The number of halogens is 2. The molecule has 45 heavy (non-hydrogen) atoms. The Morgan fingerprint density at radius 3 is 2.13 bits per heavy atom. The van der Waals surface area contributed by atoms with Gasteiger partial charge in [0.25, 0.3) is 11.8 Å². The van der Waals surface area contributed by atoms with Crippen molar-refractivity contribution in [3.05, 3.63) is 111 Å². The number of nitrogens with one attached hydrogen (secondary N) is 1. The van der Waals surface area contributed by atoms with E-state index in [0.29, 0.717) is 5.56 Å². The Labute approximate surface area is 269 Å². The number of nitrogens with zero attached hydrogens (tertiary/aromatic N) is 2. The molecule has 0 unspecified atom stereocenters. The molecule has 1 aliphatic rings. The first-order valence-corrected chi connectivity index (χ1v) is 16.3. The van der Waals surface area contributed by atoms with Crippen LogP contribution in [0.1, 0.15) is 110 Å². The van der Waals surface area contributed by atoms with E-state index in [9.17, 15) is 13.6 Å². The van der Waals surface area contributed by atoms with Gasteiger partial charge in [0.15, 0.2) is 0 Å². The summed E-state index contributed by atoms with van der Waals surface area (Å²) in [7, 11) is 0. The van der Waals surface area contributed by atoms with Crippen LogP contribution in [0.3, 0.4) is 0 Å². The fourth-order valence-corrected chi connectivity index (χ4v) is 5.82. The topological polar surface area (TPSA) is 56.1 Å². The summed E-state index contributed by atoms with van der Waals surface area (Å²) >= 11 is 0. The van der Waals surface area contributed by atoms with Crippen LogP contribution in [0, 0.1) is 18.3 Å². The number of rotatable bonds is 10. The summed E-state index contributed by atoms with van der Waals surface area (Å²) in [6.45, 7) is 14.5. The van der Waals surface area contributed by atoms with Crippen molar-refractivity contribution in [1.29, 1.82) is 5.26 Å². The average molecular weight is 614 g/mol. The fourth-order valence-electron chi connectivity index (χ4n) is 5.82. The van der Waals surface area contributed by atoms with Crippen molar-refractivity contribution in [2.24, 2.45) is 0 Å². The van der Waals surface area contributed by atoms with Crippen LogP contribution >= 0.6 is 0 Å². The van der Waals surface area contributed by atoms with Gasteiger partial charge in [0.2, 0.25) is 0 Å². The van der Waals surface area contributed by atoms with E-state index in [1.54, 1.807) is 12.1 Å². The Hall–Kier alpha value is -3.82. The third-order valence-electron chi connectivity index (χ3n) is 8.60. The standard InChI is InChI=1S/C29H37N3O.C10H12F2/c1-5-7-21(3)27(6-2)28-18-25(13-8-22(28)4)29(33)31-26-14-16-32(17-15-26)20-24-11-9-23(19-30)10-12-24;1-3-8-4-6-9(7-5-8)10(2,11)12/h8-13,18,26H,5-7,14-17,20H2,1-4H3,(H,31,33);4-7H,3H2,1-2H3/b27-21+;. The van der Waals surface area contributed by atoms with Crippen molar-refractivity contribution in [3.8, 4) is 6.07 Å². The molecule has 1 fully saturated rings. The van der Waals surface area contributed by atoms with Gasteiger partial charge in [0.1, 0.15) is 0 Å². The minimum Gasteiger partial charge on any atom is -0.349 e. The Morgan fingerprint density at radius 2 is 1.60 bits per heavy atom. The average Bonchev–Trinajstić information content (AvgIpc) is 3.03. The molecule has 1 amide bonds. The van der Waals surface area contributed by atoms with Gasteiger partial charge in [0.05, 0.1) is 11.6 Å². The van der Waals surface area contributed by atoms with Gasteiger partial charge in [-0.15, -0.1) is 0 Å². The maximum absolute atomic E-state index is 13.0. The third kappa shape index (κ3) is 10.6. The summed E-state index contributed by atoms with van der Waals surface area (Å²) in [4.78, 5) is 15.5. The molecule has 1 aliphatic heterocycles. The number of piperidine rings is 1. The highest BCUT2D eigenvalue weighted by molar-refractivity contribution is 5.95. The van der Waals surface area contributed by atoms with Gasteiger partial charge >= 0.3 is 0 Å². The number of hydrogen-bond donors (Lipinski definition) is 1. The molecule has 0 aliphatic carbocycles. The van der Waals surface area contributed by atoms with E-state index in [-0.39, 0.29) is 17.5 Å². The molecule has 1 N–H and O–H groups in total. The number of aryl methyl sites for hydroxylation is 2. The van der Waals surface area contributed by atoms with Crippen molar-refractivity contribution in [1.82, 2.24) is 10.2 Å². The Kier molecular flexibility index (Phi) is 13.5. The van der Waals surface area contributed by atoms with Crippen LogP contribution in [0.4, 0.5) is 8.78 Å². The van der Waals surface area contributed by atoms with Gasteiger partial charge < -0.3 is 5.32 Å². The molecular weight excluding hydrogens is 564 g/mol. The number of nitriles is 1. The largest absolute Gasteiger partial charge is 0.349 e. The highest BCUT2D eigenvalue weighted by atomic mass is 19.3. The quantitative estimate of drug-likeness (QED) is 0.248. The summed E-state index contributed by atoms with van der Waals surface area (Å²) in [5.41, 5.74) is 9.09. The molecule has 240 valence electrons. The number of hydrogen-bond acceptors (Lipinski definition) is 3. The second-order valence-corrected chi connectivity index (χ2v) is 12.2. The first kappa shape index (κ1) is 35.7. The van der Waals surface area contributed by atoms with E-state index in [4.69, 9.17) is 5.26 Å². The molecule has 0 atom stereocenters. The Bertz CT molecular complexity index is 1460. The summed E-state index contributed by atoms with van der Waals surface area (Å²) in [5.74, 6) is -2.68. The van der Waals surface area contributed by atoms with Crippen LogP contribution in [-0.2, 0) is 18.9 Å². The number of amides is 1. The number of carbonyl (C=O) groups excluding carboxylic acids is 1. The molecule has 1 heterocycles. The molecule has 0 bridgehead atoms. The van der Waals surface area contributed by atoms with E-state index in [0.717, 1.165) is 76.2 Å². The van der Waals surface area contributed by atoms with Crippen molar-refractivity contribution in [3.63, 3.8) is 0 Å². The van der Waals surface area contributed by atoms with Crippen LogP contribution in [0.2, 0.25) is 0 Å². The third-order valence-corrected chi connectivity index (χ3v) is 8.60. The highest BCUT2D eigenvalue weighted by Crippen LogP contribution is 2.29. The summed E-state index contributed by atoms with van der Waals surface area (Å²) < 4.78 is 25.4. The first-order valence-electron chi connectivity index (χ1n) is 16.3. The van der Waals surface area contributed by atoms with E-state index in [2.05, 4.69) is 56.1 Å². The van der Waals surface area contributed by atoms with E-state index >= 15 is 0 Å². The molecule has 6 heteroatoms. The van der Waals surface area contributed by atoms with Crippen LogP contribution < -0.4 is 5.32 Å². The number of carbonyl (C=O) groups is 1. The van der Waals surface area contributed by atoms with Gasteiger partial charge in [-0.2, -0.15) is 5.26 Å². The number of alkyl halides is 2. The Balaban J connectivity index is 0.000000385. The van der Waals surface area contributed by atoms with Gasteiger partial charge in [0, 0.05) is 43.7 Å². The number of benzene rings is 3. The summed E-state index contributed by atoms with van der Waals surface area (Å²) in [5, 5.41) is 12.2. The minimum atomic E-state index is -2.72. The van der Waals surface area contributed by atoms with Gasteiger partial charge in [-0.05, 0) is 98.0 Å². The number of allylic oxidation sites excluding steroid dienone is 2. The van der Waals surface area contributed by atoms with Gasteiger partial charge in [-0.25, -0.2) is 8.78 Å². The maximum atomic E-state index is 13.0. The molecule has 1 saturated heterocycles. The monoisotopic (exact) mass is 613 g/mol. The Morgan fingerprint density at radius 1 is 0.978 bits per heavy atom. The zero-order valence-electron chi connectivity index (χ0n) is 27.9. The molecular formula is C39H49F2N3O. The van der Waals surface area contributed by atoms with Gasteiger partial charge in [-0.3, -0.25) is 9.69 Å². The van der Waals surface area contributed by atoms with Crippen LogP contribution in [0.5, 0.6) is 0 Å². The summed E-state index contributed by atoms with van der Waals surface area (Å²) in [6, 6.07) is 22.8. The van der Waals surface area contributed by atoms with Crippen molar-refractivity contribution in [2.75, 3.05) is 13.1 Å². The molecule has 3 aromatic carbocycles. The predicted octanol–water partition coefficient (Wildman–Crippen LogP) is 9.61. The minimum absolute atomic E-state index is 0.0328. The lowest BCUT2D eigenvalue weighted by molar-refractivity contribution is 0.0174. The SMILES string of the molecule is CCC/C(C)=C(\CC)c1cc(C(=O)NC2CCN(Cc3ccc(C#N)cc3)CC2)ccc1C.CCc1ccc(C(C)(F)F)cc1. The lowest BCUT2D eigenvalue weighted by Crippen LogP contribution is -2.44. The molecule has 4 nitrogen and oxygen atoms in total. The fraction of sp³-hybridized carbons (Fsp3) is 0.436. The molecule has 0 spiro atoms. The zero-order chi connectivity index (χ0) is 33.0. The molecule has 0 radical (unpaired) electrons. The van der Waals surface area contributed by atoms with Crippen LogP contribution in [-0.4, -0.2) is 29.9 Å². The normalized spacial score (nSPS) is 14.6. The van der Waals surface area contributed by atoms with E-state index < -0.39 is 5.92 Å². The predicted molar refractivity (Wildman–Crippen MR) is 181 cm³/mol. The van der Waals surface area contributed by atoms with Gasteiger partial charge in [-0.1, -0.05) is 75.2 Å². The van der Waals surface area contributed by atoms with Crippen molar-refractivity contribution >= 4 is 11.5 Å². The lowest BCUT2D eigenvalue weighted by Gasteiger charge is -2.32. The smallest absolute Gasteiger partial charge is 0.270 e. The van der Waals surface area contributed by atoms with E-state index in [1.807, 2.05) is 37.3 Å². The molecule has 3 aromatic rings. The second-order valence-electron chi connectivity index (χ2n) is 12.2. The van der Waals surface area contributed by atoms with E-state index in [1.165, 1.54) is 40.0 Å². The second kappa shape index (κ2) is 17.0. The molecule has 0 saturated carbocycles. The van der Waals surface area contributed by atoms with Crippen molar-refractivity contribution < 1.29 is 13.6 Å². The zero-order valence-corrected chi connectivity index (χ0v) is 27.9. The maximum Gasteiger partial charge on any atom is 0.270 e. The summed E-state index contributed by atoms with van der Waals surface area (Å²) in [6.07, 6.45) is 6.01. The molecule has 4 rings (SSSR count). The number of likely N-dealkylation sites (tertiary alicyclic amines) is 1. The van der Waals surface area contributed by atoms with Crippen LogP contribution in [0.15, 0.2) is 72.3 Å².